The van der Waals surface area contributed by atoms with E-state index in [1.165, 1.54) is 0 Å². The highest BCUT2D eigenvalue weighted by molar-refractivity contribution is 6.35. The Bertz CT molecular complexity index is 1780. The van der Waals surface area contributed by atoms with Crippen LogP contribution in [0.4, 0.5) is 15.9 Å². The molecule has 218 valence electrons. The predicted molar refractivity (Wildman–Crippen MR) is 164 cm³/mol. The van der Waals surface area contributed by atoms with Crippen molar-refractivity contribution in [3.63, 3.8) is 0 Å². The Morgan fingerprint density at radius 1 is 1.17 bits per heavy atom. The molecule has 2 bridgehead atoms. The van der Waals surface area contributed by atoms with Gasteiger partial charge in [0.05, 0.1) is 21.8 Å². The van der Waals surface area contributed by atoms with Gasteiger partial charge < -0.3 is 25.3 Å². The van der Waals surface area contributed by atoms with Crippen LogP contribution in [0.3, 0.4) is 0 Å². The first-order valence-electron chi connectivity index (χ1n) is 14.5. The molecule has 4 atom stereocenters. The number of anilines is 2. The number of ether oxygens (including phenoxy) is 1. The van der Waals surface area contributed by atoms with Crippen molar-refractivity contribution in [3.8, 4) is 23.2 Å². The molecule has 4 aromatic rings. The van der Waals surface area contributed by atoms with E-state index in [-0.39, 0.29) is 28.2 Å². The van der Waals surface area contributed by atoms with Crippen LogP contribution < -0.4 is 20.7 Å². The van der Waals surface area contributed by atoms with Gasteiger partial charge in [-0.15, -0.1) is 0 Å². The van der Waals surface area contributed by atoms with E-state index in [4.69, 9.17) is 27.1 Å². The van der Waals surface area contributed by atoms with E-state index < -0.39 is 5.82 Å². The van der Waals surface area contributed by atoms with Gasteiger partial charge in [-0.25, -0.2) is 4.39 Å². The molecule has 2 unspecified atom stereocenters. The third kappa shape index (κ3) is 4.09. The topological polar surface area (TPSA) is 108 Å². The minimum absolute atomic E-state index is 0.147. The molecule has 2 aromatic carbocycles. The highest BCUT2D eigenvalue weighted by Crippen LogP contribution is 2.45. The van der Waals surface area contributed by atoms with Gasteiger partial charge in [-0.05, 0) is 50.9 Å². The molecule has 0 aliphatic carbocycles. The maximum Gasteiger partial charge on any atom is 0.319 e. The quantitative estimate of drug-likeness (QED) is 0.325. The summed E-state index contributed by atoms with van der Waals surface area (Å²) in [7, 11) is 3.95. The summed E-state index contributed by atoms with van der Waals surface area (Å²) in [4.78, 5) is 13.9. The van der Waals surface area contributed by atoms with Crippen molar-refractivity contribution in [2.24, 2.45) is 13.0 Å². The number of hydrogen-bond donors (Lipinski definition) is 2. The largest absolute Gasteiger partial charge is 0.462 e. The Labute approximate surface area is 249 Å². The minimum Gasteiger partial charge on any atom is -0.462 e. The van der Waals surface area contributed by atoms with Crippen molar-refractivity contribution in [2.75, 3.05) is 43.9 Å². The number of nitrogens with one attached hydrogen (secondary N) is 1. The fourth-order valence-corrected chi connectivity index (χ4v) is 7.51. The zero-order chi connectivity index (χ0) is 29.4. The fraction of sp³-hybridized carbons (Fsp3) is 0.452. The van der Waals surface area contributed by atoms with Crippen LogP contribution in [-0.4, -0.2) is 70.8 Å². The van der Waals surface area contributed by atoms with Gasteiger partial charge in [-0.3, -0.25) is 4.90 Å². The Kier molecular flexibility index (Phi) is 6.46. The van der Waals surface area contributed by atoms with Gasteiger partial charge in [-0.1, -0.05) is 18.5 Å². The lowest BCUT2D eigenvalue weighted by molar-refractivity contribution is 0.0159. The summed E-state index contributed by atoms with van der Waals surface area (Å²) in [6.45, 7) is 7.04. The zero-order valence-corrected chi connectivity index (χ0v) is 25.0. The summed E-state index contributed by atoms with van der Waals surface area (Å²) in [6, 6.07) is 8.64. The van der Waals surface area contributed by atoms with Gasteiger partial charge in [0.25, 0.3) is 0 Å². The number of likely N-dealkylation sites (tertiary alicyclic amines) is 1. The van der Waals surface area contributed by atoms with Crippen LogP contribution >= 0.6 is 11.6 Å². The van der Waals surface area contributed by atoms with E-state index >= 15 is 4.39 Å². The molecule has 11 heteroatoms. The smallest absolute Gasteiger partial charge is 0.319 e. The van der Waals surface area contributed by atoms with Crippen LogP contribution in [0, 0.1) is 30.0 Å². The predicted octanol–water partition coefficient (Wildman–Crippen LogP) is 4.61. The molecule has 3 aliphatic heterocycles. The number of nitrogens with zero attached hydrogens (tertiary/aromatic N) is 6. The maximum absolute atomic E-state index is 17.0. The molecular weight excluding hydrogens is 555 g/mol. The highest BCUT2D eigenvalue weighted by atomic mass is 35.5. The molecule has 3 N–H and O–H groups in total. The molecule has 0 radical (unpaired) electrons. The molecule has 42 heavy (non-hydrogen) atoms. The van der Waals surface area contributed by atoms with E-state index in [1.807, 2.05) is 24.6 Å². The first-order chi connectivity index (χ1) is 20.2. The summed E-state index contributed by atoms with van der Waals surface area (Å²) in [5.74, 6) is 0.560. The lowest BCUT2D eigenvalue weighted by atomic mass is 9.92. The molecule has 9 nitrogen and oxygen atoms in total. The number of piperazine rings is 1. The van der Waals surface area contributed by atoms with Gasteiger partial charge in [0.1, 0.15) is 24.0 Å². The summed E-state index contributed by atoms with van der Waals surface area (Å²) < 4.78 is 25.1. The normalized spacial score (nSPS) is 23.9. The Balaban J connectivity index is 1.43. The lowest BCUT2D eigenvalue weighted by Gasteiger charge is -2.43. The number of fused-ring (bicyclic) bond motifs is 4. The summed E-state index contributed by atoms with van der Waals surface area (Å²) >= 11 is 6.95. The van der Waals surface area contributed by atoms with E-state index in [0.29, 0.717) is 58.0 Å². The van der Waals surface area contributed by atoms with Gasteiger partial charge in [0.2, 0.25) is 0 Å². The lowest BCUT2D eigenvalue weighted by Crippen LogP contribution is -2.55. The number of likely N-dealkylation sites (N-methyl/N-ethyl adjacent to an activating group) is 1. The Hall–Kier alpha value is -3.65. The number of benzene rings is 2. The molecule has 3 fully saturated rings. The summed E-state index contributed by atoms with van der Waals surface area (Å²) in [6.07, 6.45) is 2.20. The summed E-state index contributed by atoms with van der Waals surface area (Å²) in [5.41, 5.74) is 9.24. The van der Waals surface area contributed by atoms with Crippen LogP contribution in [0.1, 0.15) is 31.0 Å². The first kappa shape index (κ1) is 27.2. The van der Waals surface area contributed by atoms with Gasteiger partial charge in [0.15, 0.2) is 5.82 Å². The fourth-order valence-electron chi connectivity index (χ4n) is 7.22. The van der Waals surface area contributed by atoms with Crippen LogP contribution in [0.5, 0.6) is 6.01 Å². The SMILES string of the molecule is Cc1c(-c2c(Cl)cc3c(N4CC5CCC(C4)N5)nc(OC[C@@H]4[C@H](C)CN4C)nc3c2F)c2c(C#N)c(N)ccc2n1C. The third-order valence-corrected chi connectivity index (χ3v) is 9.89. The van der Waals surface area contributed by atoms with Crippen molar-refractivity contribution in [3.05, 3.63) is 40.3 Å². The van der Waals surface area contributed by atoms with Crippen molar-refractivity contribution in [1.29, 1.82) is 5.26 Å². The molecule has 2 aromatic heterocycles. The molecule has 0 spiro atoms. The van der Waals surface area contributed by atoms with Crippen LogP contribution in [0.25, 0.3) is 32.9 Å². The molecule has 0 amide bonds. The number of nitriles is 1. The molecule has 0 saturated carbocycles. The molecule has 3 saturated heterocycles. The van der Waals surface area contributed by atoms with Gasteiger partial charge in [0, 0.05) is 72.4 Å². The second-order valence-corrected chi connectivity index (χ2v) is 12.6. The van der Waals surface area contributed by atoms with Crippen molar-refractivity contribution >= 4 is 44.9 Å². The average Bonchev–Trinajstić information content (AvgIpc) is 3.43. The molecule has 3 aliphatic rings. The third-order valence-electron chi connectivity index (χ3n) is 9.59. The number of rotatable bonds is 5. The second-order valence-electron chi connectivity index (χ2n) is 12.2. The number of halogens is 2. The van der Waals surface area contributed by atoms with E-state index in [0.717, 1.165) is 43.7 Å². The highest BCUT2D eigenvalue weighted by Gasteiger charge is 2.36. The number of nitrogens with two attached hydrogens (primary N) is 1. The van der Waals surface area contributed by atoms with Gasteiger partial charge in [-0.2, -0.15) is 15.2 Å². The van der Waals surface area contributed by atoms with Crippen LogP contribution in [-0.2, 0) is 7.05 Å². The average molecular weight is 589 g/mol. The molecule has 7 rings (SSSR count). The number of hydrogen-bond acceptors (Lipinski definition) is 8. The molecular formula is C31H34ClFN8O. The Morgan fingerprint density at radius 2 is 1.90 bits per heavy atom. The Morgan fingerprint density at radius 3 is 2.57 bits per heavy atom. The number of nitrogen functional groups attached to an aromatic ring is 1. The molecule has 5 heterocycles. The second kappa shape index (κ2) is 9.97. The van der Waals surface area contributed by atoms with Crippen molar-refractivity contribution in [2.45, 2.75) is 44.8 Å². The van der Waals surface area contributed by atoms with E-state index in [1.54, 1.807) is 12.1 Å². The zero-order valence-electron chi connectivity index (χ0n) is 24.2. The number of aromatic nitrogens is 3. The van der Waals surface area contributed by atoms with Crippen LogP contribution in [0.15, 0.2) is 18.2 Å². The maximum atomic E-state index is 17.0. The van der Waals surface area contributed by atoms with E-state index in [9.17, 15) is 5.26 Å². The standard InChI is InChI=1S/C31H34ClFN8O/c1-15-11-39(3)24(15)14-42-31-37-29-19(30(38-31)41-12-17-5-6-18(13-41)36-17)9-21(32)27(28(29)33)25-16(2)40(4)23-8-7-22(35)20(10-34)26(23)25/h7-9,15,17-18,24,36H,5-6,11-14,35H2,1-4H3/t15-,17?,18?,24-/m1/s1. The number of aryl methyl sites for hydroxylation is 1. The van der Waals surface area contributed by atoms with E-state index in [2.05, 4.69) is 40.1 Å². The first-order valence-corrected chi connectivity index (χ1v) is 14.9. The summed E-state index contributed by atoms with van der Waals surface area (Å²) in [5, 5.41) is 15.0. The van der Waals surface area contributed by atoms with Gasteiger partial charge >= 0.3 is 6.01 Å². The van der Waals surface area contributed by atoms with Crippen LogP contribution in [0.2, 0.25) is 5.02 Å². The van der Waals surface area contributed by atoms with Crippen molar-refractivity contribution in [1.82, 2.24) is 24.8 Å². The van der Waals surface area contributed by atoms with Crippen molar-refractivity contribution < 1.29 is 9.13 Å². The monoisotopic (exact) mass is 588 g/mol. The minimum atomic E-state index is -0.569.